The first kappa shape index (κ1) is 23.6. The van der Waals surface area contributed by atoms with E-state index >= 15 is 0 Å². The maximum absolute atomic E-state index is 4.91. The van der Waals surface area contributed by atoms with E-state index in [9.17, 15) is 0 Å². The number of rotatable bonds is 6. The molecule has 0 unspecified atom stereocenters. The van der Waals surface area contributed by atoms with Gasteiger partial charge in [0.1, 0.15) is 5.82 Å². The predicted molar refractivity (Wildman–Crippen MR) is 128 cm³/mol. The fraction of sp³-hybridized carbons (Fsp3) is 0.571. The lowest BCUT2D eigenvalue weighted by Gasteiger charge is -2.37. The Hall–Kier alpha value is -1.68. The monoisotopic (exact) mass is 511 g/mol. The molecule has 1 saturated heterocycles. The van der Waals surface area contributed by atoms with Crippen molar-refractivity contribution in [2.75, 3.05) is 32.7 Å². The van der Waals surface area contributed by atoms with E-state index < -0.39 is 0 Å². The summed E-state index contributed by atoms with van der Waals surface area (Å²) >= 11 is 0. The first-order valence-electron chi connectivity index (χ1n) is 10.2. The summed E-state index contributed by atoms with van der Waals surface area (Å²) in [5, 5.41) is 11.9. The van der Waals surface area contributed by atoms with Gasteiger partial charge in [-0.2, -0.15) is 0 Å². The van der Waals surface area contributed by atoms with E-state index in [0.717, 1.165) is 50.3 Å². The number of halogens is 1. The molecule has 1 fully saturated rings. The average molecular weight is 511 g/mol. The molecule has 0 atom stereocenters. The predicted octanol–water partition coefficient (Wildman–Crippen LogP) is 2.66. The first-order chi connectivity index (χ1) is 13.5. The van der Waals surface area contributed by atoms with Gasteiger partial charge in [-0.3, -0.25) is 4.90 Å². The number of nitrogens with one attached hydrogen (secondary N) is 1. The maximum atomic E-state index is 4.91. The lowest BCUT2D eigenvalue weighted by molar-refractivity contribution is 0.163. The second kappa shape index (κ2) is 11.5. The Morgan fingerprint density at radius 1 is 1.10 bits per heavy atom. The molecule has 1 aromatic heterocycles. The molecule has 160 valence electrons. The second-order valence-corrected chi connectivity index (χ2v) is 7.88. The zero-order valence-corrected chi connectivity index (χ0v) is 20.3. The lowest BCUT2D eigenvalue weighted by Crippen LogP contribution is -2.53. The Labute approximate surface area is 191 Å². The van der Waals surface area contributed by atoms with Crippen LogP contribution in [0.1, 0.15) is 31.1 Å². The van der Waals surface area contributed by atoms with E-state index in [4.69, 9.17) is 4.99 Å². The van der Waals surface area contributed by atoms with Gasteiger partial charge in [-0.05, 0) is 18.4 Å². The van der Waals surface area contributed by atoms with Crippen LogP contribution in [0.2, 0.25) is 0 Å². The maximum Gasteiger partial charge on any atom is 0.194 e. The molecule has 0 amide bonds. The SMILES string of the molecule is Cc1nnc(CNC(=NCc2ccccc2)N2CCN(CC(C)C)CC2)n1C.I. The van der Waals surface area contributed by atoms with Crippen LogP contribution in [0.15, 0.2) is 35.3 Å². The molecule has 0 aliphatic carbocycles. The van der Waals surface area contributed by atoms with Gasteiger partial charge in [0.2, 0.25) is 0 Å². The fourth-order valence-electron chi connectivity index (χ4n) is 3.44. The van der Waals surface area contributed by atoms with E-state index in [0.29, 0.717) is 19.0 Å². The number of aliphatic imine (C=N–C) groups is 1. The molecule has 0 bridgehead atoms. The van der Waals surface area contributed by atoms with E-state index in [1.165, 1.54) is 5.56 Å². The van der Waals surface area contributed by atoms with Gasteiger partial charge in [-0.25, -0.2) is 4.99 Å². The van der Waals surface area contributed by atoms with Gasteiger partial charge >= 0.3 is 0 Å². The van der Waals surface area contributed by atoms with Crippen molar-refractivity contribution in [3.05, 3.63) is 47.5 Å². The third-order valence-corrected chi connectivity index (χ3v) is 5.14. The molecule has 8 heteroatoms. The number of benzene rings is 1. The molecule has 1 aliphatic heterocycles. The molecule has 29 heavy (non-hydrogen) atoms. The number of aromatic nitrogens is 3. The Morgan fingerprint density at radius 3 is 2.38 bits per heavy atom. The number of aryl methyl sites for hydroxylation is 1. The molecular formula is C21H34IN7. The number of hydrogen-bond donors (Lipinski definition) is 1. The van der Waals surface area contributed by atoms with Gasteiger partial charge in [0.05, 0.1) is 13.1 Å². The van der Waals surface area contributed by atoms with Crippen LogP contribution in [0.3, 0.4) is 0 Å². The summed E-state index contributed by atoms with van der Waals surface area (Å²) < 4.78 is 2.02. The molecule has 0 spiro atoms. The van der Waals surface area contributed by atoms with Crippen molar-refractivity contribution >= 4 is 29.9 Å². The van der Waals surface area contributed by atoms with E-state index in [2.05, 4.69) is 63.4 Å². The minimum absolute atomic E-state index is 0. The van der Waals surface area contributed by atoms with Crippen molar-refractivity contribution in [3.63, 3.8) is 0 Å². The van der Waals surface area contributed by atoms with Crippen molar-refractivity contribution in [1.29, 1.82) is 0 Å². The largest absolute Gasteiger partial charge is 0.349 e. The number of guanidine groups is 1. The second-order valence-electron chi connectivity index (χ2n) is 7.88. The third kappa shape index (κ3) is 6.95. The smallest absolute Gasteiger partial charge is 0.194 e. The Balaban J connectivity index is 0.00000300. The van der Waals surface area contributed by atoms with Crippen LogP contribution in [0.25, 0.3) is 0 Å². The summed E-state index contributed by atoms with van der Waals surface area (Å²) in [5.41, 5.74) is 1.22. The van der Waals surface area contributed by atoms with Crippen LogP contribution in [-0.2, 0) is 20.1 Å². The van der Waals surface area contributed by atoms with Crippen LogP contribution in [0, 0.1) is 12.8 Å². The fourth-order valence-corrected chi connectivity index (χ4v) is 3.44. The minimum Gasteiger partial charge on any atom is -0.349 e. The molecule has 1 N–H and O–H groups in total. The highest BCUT2D eigenvalue weighted by Gasteiger charge is 2.20. The van der Waals surface area contributed by atoms with Crippen LogP contribution >= 0.6 is 24.0 Å². The number of nitrogens with zero attached hydrogens (tertiary/aromatic N) is 6. The first-order valence-corrected chi connectivity index (χ1v) is 10.2. The Morgan fingerprint density at radius 2 is 1.79 bits per heavy atom. The van der Waals surface area contributed by atoms with Crippen molar-refractivity contribution < 1.29 is 0 Å². The third-order valence-electron chi connectivity index (χ3n) is 5.14. The molecule has 2 heterocycles. The molecular weight excluding hydrogens is 477 g/mol. The van der Waals surface area contributed by atoms with Crippen LogP contribution in [-0.4, -0.2) is 63.2 Å². The van der Waals surface area contributed by atoms with Gasteiger partial charge in [0.25, 0.3) is 0 Å². The summed E-state index contributed by atoms with van der Waals surface area (Å²) in [6.45, 7) is 13.1. The summed E-state index contributed by atoms with van der Waals surface area (Å²) in [6.07, 6.45) is 0. The van der Waals surface area contributed by atoms with Crippen molar-refractivity contribution in [2.45, 2.75) is 33.9 Å². The van der Waals surface area contributed by atoms with Crippen LogP contribution in [0.5, 0.6) is 0 Å². The van der Waals surface area contributed by atoms with E-state index in [-0.39, 0.29) is 24.0 Å². The minimum atomic E-state index is 0. The average Bonchev–Trinajstić information content (AvgIpc) is 3.01. The highest BCUT2D eigenvalue weighted by Crippen LogP contribution is 2.08. The van der Waals surface area contributed by atoms with Crippen molar-refractivity contribution in [3.8, 4) is 0 Å². The normalized spacial score (nSPS) is 15.5. The van der Waals surface area contributed by atoms with Crippen LogP contribution < -0.4 is 5.32 Å². The molecule has 0 radical (unpaired) electrons. The molecule has 1 aromatic carbocycles. The van der Waals surface area contributed by atoms with Crippen molar-refractivity contribution in [2.24, 2.45) is 18.0 Å². The van der Waals surface area contributed by atoms with Gasteiger partial charge in [-0.15, -0.1) is 34.2 Å². The quantitative estimate of drug-likeness (QED) is 0.367. The molecule has 2 aromatic rings. The zero-order chi connectivity index (χ0) is 19.9. The molecule has 7 nitrogen and oxygen atoms in total. The van der Waals surface area contributed by atoms with Gasteiger partial charge in [0.15, 0.2) is 11.8 Å². The summed E-state index contributed by atoms with van der Waals surface area (Å²) in [7, 11) is 2.00. The van der Waals surface area contributed by atoms with Crippen LogP contribution in [0.4, 0.5) is 0 Å². The Kier molecular flexibility index (Phi) is 9.35. The summed E-state index contributed by atoms with van der Waals surface area (Å²) in [5.74, 6) is 3.49. The molecule has 3 rings (SSSR count). The van der Waals surface area contributed by atoms with Gasteiger partial charge < -0.3 is 14.8 Å². The molecule has 1 aliphatic rings. The number of hydrogen-bond acceptors (Lipinski definition) is 4. The van der Waals surface area contributed by atoms with Crippen molar-refractivity contribution in [1.82, 2.24) is 29.9 Å². The lowest BCUT2D eigenvalue weighted by atomic mass is 10.2. The zero-order valence-electron chi connectivity index (χ0n) is 18.0. The number of piperazine rings is 1. The van der Waals surface area contributed by atoms with Gasteiger partial charge in [0, 0.05) is 39.8 Å². The summed E-state index contributed by atoms with van der Waals surface area (Å²) in [6, 6.07) is 10.4. The topological polar surface area (TPSA) is 61.6 Å². The summed E-state index contributed by atoms with van der Waals surface area (Å²) in [4.78, 5) is 9.82. The van der Waals surface area contributed by atoms with E-state index in [1.54, 1.807) is 0 Å². The van der Waals surface area contributed by atoms with E-state index in [1.807, 2.05) is 24.6 Å². The highest BCUT2D eigenvalue weighted by molar-refractivity contribution is 14.0. The highest BCUT2D eigenvalue weighted by atomic mass is 127. The molecule has 0 saturated carbocycles. The van der Waals surface area contributed by atoms with Gasteiger partial charge in [-0.1, -0.05) is 44.2 Å². The Bertz CT molecular complexity index is 765. The standard InChI is InChI=1S/C21H33N7.HI/c1-17(2)16-27-10-12-28(13-11-27)21(22-14-19-8-6-5-7-9-19)23-15-20-25-24-18(3)26(20)4;/h5-9,17H,10-16H2,1-4H3,(H,22,23);1H.